The number of halogens is 3. The molecule has 122 valence electrons. The Labute approximate surface area is 132 Å². The summed E-state index contributed by atoms with van der Waals surface area (Å²) in [5.74, 6) is 0.661. The highest BCUT2D eigenvalue weighted by Gasteiger charge is 2.29. The number of hydrogen-bond donors (Lipinski definition) is 0. The zero-order valence-corrected chi connectivity index (χ0v) is 12.5. The highest BCUT2D eigenvalue weighted by molar-refractivity contribution is 5.52. The highest BCUT2D eigenvalue weighted by Crippen LogP contribution is 2.32. The smallest absolute Gasteiger partial charge is 0.393 e. The van der Waals surface area contributed by atoms with Crippen LogP contribution in [0.2, 0.25) is 0 Å². The third-order valence-electron chi connectivity index (χ3n) is 3.78. The first-order chi connectivity index (χ1) is 11.0. The van der Waals surface area contributed by atoms with Crippen molar-refractivity contribution >= 4 is 5.69 Å². The fourth-order valence-electron chi connectivity index (χ4n) is 2.71. The molecule has 1 fully saturated rings. The Kier molecular flexibility index (Phi) is 4.41. The van der Waals surface area contributed by atoms with Crippen LogP contribution in [0.15, 0.2) is 42.7 Å². The minimum absolute atomic E-state index is 0.0825. The van der Waals surface area contributed by atoms with Gasteiger partial charge in [0, 0.05) is 36.6 Å². The summed E-state index contributed by atoms with van der Waals surface area (Å²) in [4.78, 5) is 6.11. The number of hydrogen-bond acceptors (Lipinski definition) is 3. The Hall–Kier alpha value is -2.24. The number of rotatable bonds is 4. The average Bonchev–Trinajstić information content (AvgIpc) is 3.02. The Morgan fingerprint density at radius 1 is 1.13 bits per heavy atom. The molecule has 0 unspecified atom stereocenters. The average molecular weight is 322 g/mol. The predicted molar refractivity (Wildman–Crippen MR) is 82.0 cm³/mol. The second-order valence-corrected chi connectivity index (χ2v) is 5.57. The summed E-state index contributed by atoms with van der Waals surface area (Å²) in [7, 11) is 0. The first-order valence-corrected chi connectivity index (χ1v) is 7.54. The van der Waals surface area contributed by atoms with Gasteiger partial charge in [0.2, 0.25) is 0 Å². The number of pyridine rings is 1. The fraction of sp³-hybridized carbons (Fsp3) is 0.353. The van der Waals surface area contributed by atoms with E-state index in [4.69, 9.17) is 4.74 Å². The molecule has 0 N–H and O–H groups in total. The van der Waals surface area contributed by atoms with Crippen LogP contribution in [0.3, 0.4) is 0 Å². The number of nitrogens with zero attached hydrogens (tertiary/aromatic N) is 2. The van der Waals surface area contributed by atoms with Crippen molar-refractivity contribution in [3.8, 4) is 11.5 Å². The normalized spacial score (nSPS) is 15.0. The molecule has 3 rings (SSSR count). The standard InChI is InChI=1S/C17H17F3N2O/c18-17(19,20)11-13-6-7-21-12-16(13)23-15-5-3-4-14(10-15)22-8-1-2-9-22/h3-7,10,12H,1-2,8-9,11H2. The molecule has 0 amide bonds. The Balaban J connectivity index is 1.81. The van der Waals surface area contributed by atoms with Crippen molar-refractivity contribution in [2.45, 2.75) is 25.4 Å². The summed E-state index contributed by atoms with van der Waals surface area (Å²) in [6, 6.07) is 8.77. The van der Waals surface area contributed by atoms with Crippen molar-refractivity contribution in [3.05, 3.63) is 48.3 Å². The molecule has 1 aliphatic rings. The molecular weight excluding hydrogens is 305 g/mol. The van der Waals surface area contributed by atoms with Crippen LogP contribution in [-0.2, 0) is 6.42 Å². The number of benzene rings is 1. The second-order valence-electron chi connectivity index (χ2n) is 5.57. The first kappa shape index (κ1) is 15.6. The number of ether oxygens (including phenoxy) is 1. The number of alkyl halides is 3. The summed E-state index contributed by atoms with van der Waals surface area (Å²) < 4.78 is 43.6. The molecule has 23 heavy (non-hydrogen) atoms. The highest BCUT2D eigenvalue weighted by atomic mass is 19.4. The quantitative estimate of drug-likeness (QED) is 0.824. The maximum Gasteiger partial charge on any atom is 0.393 e. The van der Waals surface area contributed by atoms with Crippen LogP contribution in [-0.4, -0.2) is 24.2 Å². The van der Waals surface area contributed by atoms with Gasteiger partial charge in [-0.2, -0.15) is 13.2 Å². The molecule has 2 heterocycles. The van der Waals surface area contributed by atoms with Crippen molar-refractivity contribution in [2.75, 3.05) is 18.0 Å². The van der Waals surface area contributed by atoms with Gasteiger partial charge in [0.25, 0.3) is 0 Å². The molecule has 1 saturated heterocycles. The minimum Gasteiger partial charge on any atom is -0.455 e. The van der Waals surface area contributed by atoms with Gasteiger partial charge in [-0.15, -0.1) is 0 Å². The van der Waals surface area contributed by atoms with Crippen molar-refractivity contribution in [2.24, 2.45) is 0 Å². The number of aromatic nitrogens is 1. The van der Waals surface area contributed by atoms with Crippen LogP contribution in [0.1, 0.15) is 18.4 Å². The van der Waals surface area contributed by atoms with Crippen molar-refractivity contribution in [1.29, 1.82) is 0 Å². The molecule has 0 radical (unpaired) electrons. The molecule has 1 aromatic heterocycles. The van der Waals surface area contributed by atoms with Gasteiger partial charge in [-0.3, -0.25) is 4.98 Å². The van der Waals surface area contributed by atoms with E-state index in [0.717, 1.165) is 31.6 Å². The topological polar surface area (TPSA) is 25.4 Å². The number of anilines is 1. The molecular formula is C17H17F3N2O. The van der Waals surface area contributed by atoms with E-state index >= 15 is 0 Å². The maximum atomic E-state index is 12.6. The third kappa shape index (κ3) is 4.15. The molecule has 0 bridgehead atoms. The van der Waals surface area contributed by atoms with Crippen molar-refractivity contribution < 1.29 is 17.9 Å². The Morgan fingerprint density at radius 3 is 2.65 bits per heavy atom. The maximum absolute atomic E-state index is 12.6. The molecule has 1 aromatic carbocycles. The van der Waals surface area contributed by atoms with Gasteiger partial charge < -0.3 is 9.64 Å². The van der Waals surface area contributed by atoms with Crippen LogP contribution >= 0.6 is 0 Å². The summed E-state index contributed by atoms with van der Waals surface area (Å²) >= 11 is 0. The molecule has 1 aliphatic heterocycles. The van der Waals surface area contributed by atoms with Gasteiger partial charge in [0.1, 0.15) is 11.5 Å². The van der Waals surface area contributed by atoms with Crippen LogP contribution in [0.25, 0.3) is 0 Å². The molecule has 2 aromatic rings. The Morgan fingerprint density at radius 2 is 1.91 bits per heavy atom. The SMILES string of the molecule is FC(F)(F)Cc1ccncc1Oc1cccc(N2CCCC2)c1. The fourth-order valence-corrected chi connectivity index (χ4v) is 2.71. The second kappa shape index (κ2) is 6.48. The minimum atomic E-state index is -4.28. The first-order valence-electron chi connectivity index (χ1n) is 7.54. The lowest BCUT2D eigenvalue weighted by molar-refractivity contribution is -0.127. The summed E-state index contributed by atoms with van der Waals surface area (Å²) in [6.45, 7) is 1.99. The van der Waals surface area contributed by atoms with Crippen LogP contribution < -0.4 is 9.64 Å². The van der Waals surface area contributed by atoms with Gasteiger partial charge >= 0.3 is 6.18 Å². The van der Waals surface area contributed by atoms with E-state index in [1.54, 1.807) is 6.07 Å². The Bertz CT molecular complexity index is 667. The van der Waals surface area contributed by atoms with E-state index in [0.29, 0.717) is 5.75 Å². The van der Waals surface area contributed by atoms with Gasteiger partial charge in [0.05, 0.1) is 12.6 Å². The molecule has 0 aliphatic carbocycles. The molecule has 0 atom stereocenters. The molecule has 0 spiro atoms. The monoisotopic (exact) mass is 322 g/mol. The van der Waals surface area contributed by atoms with E-state index in [2.05, 4.69) is 9.88 Å². The van der Waals surface area contributed by atoms with Crippen LogP contribution in [0.5, 0.6) is 11.5 Å². The zero-order chi connectivity index (χ0) is 16.3. The molecule has 3 nitrogen and oxygen atoms in total. The van der Waals surface area contributed by atoms with Gasteiger partial charge in [-0.25, -0.2) is 0 Å². The summed E-state index contributed by atoms with van der Waals surface area (Å²) in [6.07, 6.45) is -0.335. The van der Waals surface area contributed by atoms with Crippen molar-refractivity contribution in [1.82, 2.24) is 4.98 Å². The van der Waals surface area contributed by atoms with E-state index < -0.39 is 12.6 Å². The van der Waals surface area contributed by atoms with Crippen LogP contribution in [0, 0.1) is 0 Å². The van der Waals surface area contributed by atoms with Crippen LogP contribution in [0.4, 0.5) is 18.9 Å². The van der Waals surface area contributed by atoms with E-state index in [9.17, 15) is 13.2 Å². The third-order valence-corrected chi connectivity index (χ3v) is 3.78. The molecule has 0 saturated carbocycles. The lowest BCUT2D eigenvalue weighted by Crippen LogP contribution is -2.17. The molecule has 6 heteroatoms. The van der Waals surface area contributed by atoms with E-state index in [1.165, 1.54) is 18.5 Å². The summed E-state index contributed by atoms with van der Waals surface area (Å²) in [5.41, 5.74) is 1.11. The van der Waals surface area contributed by atoms with Gasteiger partial charge in [0.15, 0.2) is 0 Å². The lowest BCUT2D eigenvalue weighted by atomic mass is 10.2. The van der Waals surface area contributed by atoms with Gasteiger partial charge in [-0.1, -0.05) is 6.07 Å². The predicted octanol–water partition coefficient (Wildman–Crippen LogP) is 4.58. The lowest BCUT2D eigenvalue weighted by Gasteiger charge is -2.19. The van der Waals surface area contributed by atoms with E-state index in [1.807, 2.05) is 18.2 Å². The summed E-state index contributed by atoms with van der Waals surface area (Å²) in [5, 5.41) is 0. The van der Waals surface area contributed by atoms with E-state index in [-0.39, 0.29) is 11.3 Å². The largest absolute Gasteiger partial charge is 0.455 e. The van der Waals surface area contributed by atoms with Gasteiger partial charge in [-0.05, 0) is 31.0 Å². The van der Waals surface area contributed by atoms with Crippen molar-refractivity contribution in [3.63, 3.8) is 0 Å². The zero-order valence-electron chi connectivity index (χ0n) is 12.5.